The molecule has 0 atom stereocenters. The fraction of sp³-hybridized carbons (Fsp3) is 0.0152. The second-order valence-electron chi connectivity index (χ2n) is 18.5. The molecule has 7 nitrogen and oxygen atoms in total. The zero-order valence-electron chi connectivity index (χ0n) is 40.2. The van der Waals surface area contributed by atoms with Crippen LogP contribution in [0.5, 0.6) is 0 Å². The molecule has 0 unspecified atom stereocenters. The van der Waals surface area contributed by atoms with E-state index >= 15 is 13.2 Å². The maximum Gasteiger partial charge on any atom is 0.416 e. The van der Waals surface area contributed by atoms with Crippen molar-refractivity contribution in [3.8, 4) is 85.0 Å². The van der Waals surface area contributed by atoms with E-state index in [2.05, 4.69) is 27.6 Å². The lowest BCUT2D eigenvalue weighted by Crippen LogP contribution is -2.08. The molecule has 0 aliphatic heterocycles. The third kappa shape index (κ3) is 7.72. The van der Waals surface area contributed by atoms with Crippen LogP contribution in [0.1, 0.15) is 11.1 Å². The molecule has 0 aliphatic carbocycles. The SMILES string of the molecule is [C-]#[N+]c1ccccc1-c1ccc2c(c1)c1ccccc1n2-c1cc(C(F)(F)F)ccc1-c1ccc(-c2nc(-c3ccccc3)nc(-c3ccccc3)n2)cc1-n1c2ccccc2c2cc(-c3ccccc3C#N)ccc21. The van der Waals surface area contributed by atoms with Crippen LogP contribution in [-0.4, -0.2) is 24.1 Å². The Hall–Kier alpha value is -10.4. The number of rotatable bonds is 8. The first-order chi connectivity index (χ1) is 37.2. The molecule has 0 radical (unpaired) electrons. The third-order valence-corrected chi connectivity index (χ3v) is 14.1. The summed E-state index contributed by atoms with van der Waals surface area (Å²) >= 11 is 0. The highest BCUT2D eigenvalue weighted by molar-refractivity contribution is 6.13. The Labute approximate surface area is 434 Å². The van der Waals surface area contributed by atoms with Crippen LogP contribution in [0, 0.1) is 17.9 Å². The van der Waals surface area contributed by atoms with Crippen LogP contribution in [0.15, 0.2) is 231 Å². The molecule has 76 heavy (non-hydrogen) atoms. The summed E-state index contributed by atoms with van der Waals surface area (Å²) in [4.78, 5) is 19.0. The van der Waals surface area contributed by atoms with Gasteiger partial charge in [0, 0.05) is 49.4 Å². The standard InChI is InChI=1S/C66H38F3N7/c1-71-56-25-13-10-22-49(56)44-30-35-60-55(37-44)51-24-12-15-27-58(51)76(60)62-39-47(66(67,68)69)31-33-53(62)52-32-28-45(65-73-63(41-16-4-2-5-17-41)72-64(74-65)42-18-6-3-7-19-42)38-61(52)75-57-26-14-11-23-50(57)54-36-43(29-34-59(54)75)48-21-9-8-20-46(48)40-70/h2-39H. The number of aromatic nitrogens is 5. The number of nitrogens with zero attached hydrogens (tertiary/aromatic N) is 7. The van der Waals surface area contributed by atoms with E-state index in [0.717, 1.165) is 72.0 Å². The van der Waals surface area contributed by atoms with Gasteiger partial charge in [-0.2, -0.15) is 18.4 Å². The second-order valence-corrected chi connectivity index (χ2v) is 18.5. The molecule has 10 aromatic carbocycles. The van der Waals surface area contributed by atoms with Gasteiger partial charge in [0.2, 0.25) is 0 Å². The van der Waals surface area contributed by atoms with Crippen LogP contribution in [-0.2, 0) is 6.18 Å². The highest BCUT2D eigenvalue weighted by atomic mass is 19.4. The van der Waals surface area contributed by atoms with Crippen molar-refractivity contribution in [1.29, 1.82) is 5.26 Å². The minimum absolute atomic E-state index is 0.318. The van der Waals surface area contributed by atoms with Crippen molar-refractivity contribution in [2.24, 2.45) is 0 Å². The Bertz CT molecular complexity index is 4480. The van der Waals surface area contributed by atoms with Gasteiger partial charge in [0.05, 0.1) is 57.2 Å². The molecule has 3 heterocycles. The predicted molar refractivity (Wildman–Crippen MR) is 297 cm³/mol. The summed E-state index contributed by atoms with van der Waals surface area (Å²) in [5.41, 5.74) is 11.0. The minimum Gasteiger partial charge on any atom is -0.309 e. The van der Waals surface area contributed by atoms with Gasteiger partial charge in [-0.05, 0) is 82.9 Å². The maximum absolute atomic E-state index is 15.2. The van der Waals surface area contributed by atoms with E-state index in [1.54, 1.807) is 18.2 Å². The smallest absolute Gasteiger partial charge is 0.309 e. The number of alkyl halides is 3. The first-order valence-electron chi connectivity index (χ1n) is 24.5. The average molecular weight is 986 g/mol. The second kappa shape index (κ2) is 18.3. The van der Waals surface area contributed by atoms with Crippen molar-refractivity contribution in [3.05, 3.63) is 253 Å². The lowest BCUT2D eigenvalue weighted by Gasteiger charge is -2.21. The summed E-state index contributed by atoms with van der Waals surface area (Å²) in [7, 11) is 0. The number of benzene rings is 10. The molecule has 0 saturated carbocycles. The van der Waals surface area contributed by atoms with Crippen LogP contribution in [0.4, 0.5) is 18.9 Å². The van der Waals surface area contributed by atoms with Crippen LogP contribution in [0.25, 0.3) is 127 Å². The molecule has 0 aliphatic rings. The van der Waals surface area contributed by atoms with Crippen molar-refractivity contribution in [2.75, 3.05) is 0 Å². The number of para-hydroxylation sites is 3. The number of fused-ring (bicyclic) bond motifs is 6. The molecular weight excluding hydrogens is 948 g/mol. The van der Waals surface area contributed by atoms with Crippen molar-refractivity contribution in [3.63, 3.8) is 0 Å². The lowest BCUT2D eigenvalue weighted by molar-refractivity contribution is -0.137. The first kappa shape index (κ1) is 45.4. The van der Waals surface area contributed by atoms with Crippen molar-refractivity contribution >= 4 is 49.3 Å². The molecule has 0 amide bonds. The van der Waals surface area contributed by atoms with Gasteiger partial charge in [0.1, 0.15) is 0 Å². The Balaban J connectivity index is 1.11. The number of nitriles is 1. The summed E-state index contributed by atoms with van der Waals surface area (Å²) < 4.78 is 49.7. The Morgan fingerprint density at radius 3 is 1.41 bits per heavy atom. The quantitative estimate of drug-likeness (QED) is 0.142. The Morgan fingerprint density at radius 2 is 0.842 bits per heavy atom. The Kier molecular flexibility index (Phi) is 10.9. The minimum atomic E-state index is -4.67. The van der Waals surface area contributed by atoms with Gasteiger partial charge in [-0.25, -0.2) is 19.8 Å². The predicted octanol–water partition coefficient (Wildman–Crippen LogP) is 17.5. The van der Waals surface area contributed by atoms with Gasteiger partial charge in [-0.3, -0.25) is 0 Å². The van der Waals surface area contributed by atoms with E-state index in [1.165, 1.54) is 6.07 Å². The van der Waals surface area contributed by atoms with Crippen LogP contribution < -0.4 is 0 Å². The monoisotopic (exact) mass is 985 g/mol. The summed E-state index contributed by atoms with van der Waals surface area (Å²) in [6, 6.07) is 74.5. The van der Waals surface area contributed by atoms with E-state index in [0.29, 0.717) is 67.8 Å². The number of hydrogen-bond acceptors (Lipinski definition) is 4. The molecule has 0 spiro atoms. The van der Waals surface area contributed by atoms with Gasteiger partial charge in [0.15, 0.2) is 23.2 Å². The summed E-state index contributed by atoms with van der Waals surface area (Å²) in [6.45, 7) is 7.90. The molecular formula is C66H38F3N7. The first-order valence-corrected chi connectivity index (χ1v) is 24.5. The molecule has 0 bridgehead atoms. The van der Waals surface area contributed by atoms with Crippen molar-refractivity contribution < 1.29 is 13.2 Å². The number of halogens is 3. The topological polar surface area (TPSA) is 76.7 Å². The molecule has 13 rings (SSSR count). The molecule has 0 N–H and O–H groups in total. The lowest BCUT2D eigenvalue weighted by atomic mass is 9.96. The van der Waals surface area contributed by atoms with E-state index in [9.17, 15) is 5.26 Å². The molecule has 10 heteroatoms. The van der Waals surface area contributed by atoms with Gasteiger partial charge >= 0.3 is 6.18 Å². The summed E-state index contributed by atoms with van der Waals surface area (Å²) in [5, 5.41) is 13.7. The highest BCUT2D eigenvalue weighted by Crippen LogP contribution is 2.45. The van der Waals surface area contributed by atoms with Gasteiger partial charge in [0.25, 0.3) is 0 Å². The molecule has 0 fully saturated rings. The normalized spacial score (nSPS) is 11.6. The van der Waals surface area contributed by atoms with Crippen molar-refractivity contribution in [2.45, 2.75) is 6.18 Å². The molecule has 0 saturated heterocycles. The van der Waals surface area contributed by atoms with Crippen LogP contribution >= 0.6 is 0 Å². The summed E-state index contributed by atoms with van der Waals surface area (Å²) in [6.07, 6.45) is -4.67. The molecule has 13 aromatic rings. The van der Waals surface area contributed by atoms with Gasteiger partial charge in [-0.1, -0.05) is 170 Å². The molecule has 3 aromatic heterocycles. The largest absolute Gasteiger partial charge is 0.416 e. The van der Waals surface area contributed by atoms with E-state index in [1.807, 2.05) is 193 Å². The van der Waals surface area contributed by atoms with Crippen molar-refractivity contribution in [1.82, 2.24) is 24.1 Å². The van der Waals surface area contributed by atoms with Crippen LogP contribution in [0.2, 0.25) is 0 Å². The van der Waals surface area contributed by atoms with E-state index in [-0.39, 0.29) is 0 Å². The van der Waals surface area contributed by atoms with Gasteiger partial charge < -0.3 is 9.13 Å². The number of hydrogen-bond donors (Lipinski definition) is 0. The average Bonchev–Trinajstić information content (AvgIpc) is 4.01. The third-order valence-electron chi connectivity index (χ3n) is 14.1. The zero-order valence-corrected chi connectivity index (χ0v) is 40.2. The fourth-order valence-corrected chi connectivity index (χ4v) is 10.6. The van der Waals surface area contributed by atoms with Crippen LogP contribution in [0.3, 0.4) is 0 Å². The molecule has 358 valence electrons. The highest BCUT2D eigenvalue weighted by Gasteiger charge is 2.33. The van der Waals surface area contributed by atoms with Gasteiger partial charge in [-0.15, -0.1) is 0 Å². The zero-order chi connectivity index (χ0) is 51.5. The maximum atomic E-state index is 15.2. The Morgan fingerprint density at radius 1 is 0.395 bits per heavy atom. The fourth-order valence-electron chi connectivity index (χ4n) is 10.6. The summed E-state index contributed by atoms with van der Waals surface area (Å²) in [5.74, 6) is 1.37. The van der Waals surface area contributed by atoms with E-state index in [4.69, 9.17) is 21.5 Å². The van der Waals surface area contributed by atoms with E-state index < -0.39 is 11.7 Å².